The summed E-state index contributed by atoms with van der Waals surface area (Å²) in [4.78, 5) is 18.5. The first-order valence-electron chi connectivity index (χ1n) is 3.64. The van der Waals surface area contributed by atoms with E-state index >= 15 is 0 Å². The second-order valence-electron chi connectivity index (χ2n) is 2.21. The Labute approximate surface area is 80.1 Å². The Balaban J connectivity index is 2.50. The number of thioether (sulfide) groups is 1. The lowest BCUT2D eigenvalue weighted by Gasteiger charge is -1.99. The van der Waals surface area contributed by atoms with Crippen LogP contribution in [0.2, 0.25) is 0 Å². The van der Waals surface area contributed by atoms with Crippen LogP contribution in [-0.4, -0.2) is 28.7 Å². The van der Waals surface area contributed by atoms with Gasteiger partial charge in [0.1, 0.15) is 5.03 Å². The van der Waals surface area contributed by atoms with Gasteiger partial charge < -0.3 is 11.1 Å². The molecule has 0 atom stereocenters. The highest BCUT2D eigenvalue weighted by atomic mass is 32.2. The monoisotopic (exact) mass is 198 g/mol. The molecule has 6 heteroatoms. The highest BCUT2D eigenvalue weighted by Crippen LogP contribution is 2.13. The van der Waals surface area contributed by atoms with Crippen LogP contribution in [0.15, 0.2) is 17.3 Å². The number of hydrogen-bond donors (Lipinski definition) is 2. The SMILES string of the molecule is CNC(=O)CSc1ccnc(N)n1. The Morgan fingerprint density at radius 2 is 2.54 bits per heavy atom. The number of nitrogens with one attached hydrogen (secondary N) is 1. The van der Waals surface area contributed by atoms with Gasteiger partial charge in [-0.2, -0.15) is 0 Å². The molecule has 0 aliphatic rings. The Bertz CT molecular complexity index is 304. The van der Waals surface area contributed by atoms with E-state index in [1.807, 2.05) is 0 Å². The maximum atomic E-state index is 10.9. The number of aromatic nitrogens is 2. The lowest BCUT2D eigenvalue weighted by atomic mass is 10.7. The van der Waals surface area contributed by atoms with Crippen molar-refractivity contribution in [2.75, 3.05) is 18.5 Å². The van der Waals surface area contributed by atoms with Crippen LogP contribution in [0.3, 0.4) is 0 Å². The van der Waals surface area contributed by atoms with Gasteiger partial charge in [-0.25, -0.2) is 9.97 Å². The third-order valence-electron chi connectivity index (χ3n) is 1.28. The number of nitrogens with two attached hydrogens (primary N) is 1. The van der Waals surface area contributed by atoms with E-state index in [0.717, 1.165) is 0 Å². The molecule has 0 unspecified atom stereocenters. The number of nitrogens with zero attached hydrogens (tertiary/aromatic N) is 2. The molecular weight excluding hydrogens is 188 g/mol. The summed E-state index contributed by atoms with van der Waals surface area (Å²) >= 11 is 1.32. The highest BCUT2D eigenvalue weighted by molar-refractivity contribution is 7.99. The summed E-state index contributed by atoms with van der Waals surface area (Å²) in [5.41, 5.74) is 5.36. The minimum atomic E-state index is -0.0396. The molecule has 1 rings (SSSR count). The van der Waals surface area contributed by atoms with E-state index in [4.69, 9.17) is 5.73 Å². The van der Waals surface area contributed by atoms with E-state index < -0.39 is 0 Å². The molecule has 0 aliphatic heterocycles. The number of rotatable bonds is 3. The van der Waals surface area contributed by atoms with Gasteiger partial charge in [0.25, 0.3) is 0 Å². The van der Waals surface area contributed by atoms with Crippen molar-refractivity contribution in [1.82, 2.24) is 15.3 Å². The van der Waals surface area contributed by atoms with Gasteiger partial charge in [0.2, 0.25) is 11.9 Å². The van der Waals surface area contributed by atoms with Crippen molar-refractivity contribution in [3.8, 4) is 0 Å². The van der Waals surface area contributed by atoms with Gasteiger partial charge in [-0.1, -0.05) is 11.8 Å². The Morgan fingerprint density at radius 1 is 1.77 bits per heavy atom. The van der Waals surface area contributed by atoms with E-state index in [0.29, 0.717) is 10.8 Å². The summed E-state index contributed by atoms with van der Waals surface area (Å²) < 4.78 is 0. The van der Waals surface area contributed by atoms with Crippen LogP contribution in [0, 0.1) is 0 Å². The molecule has 0 radical (unpaired) electrons. The maximum absolute atomic E-state index is 10.9. The first-order chi connectivity index (χ1) is 6.22. The minimum absolute atomic E-state index is 0.0396. The molecule has 1 heterocycles. The molecule has 1 amide bonds. The number of amides is 1. The zero-order chi connectivity index (χ0) is 9.68. The third kappa shape index (κ3) is 3.29. The number of nitrogen functional groups attached to an aromatic ring is 1. The van der Waals surface area contributed by atoms with Gasteiger partial charge >= 0.3 is 0 Å². The fraction of sp³-hybridized carbons (Fsp3) is 0.286. The summed E-state index contributed by atoms with van der Waals surface area (Å²) in [6, 6.07) is 1.71. The van der Waals surface area contributed by atoms with Crippen molar-refractivity contribution in [2.24, 2.45) is 0 Å². The first-order valence-corrected chi connectivity index (χ1v) is 4.63. The zero-order valence-corrected chi connectivity index (χ0v) is 7.97. The van der Waals surface area contributed by atoms with E-state index in [2.05, 4.69) is 15.3 Å². The molecule has 0 aromatic carbocycles. The minimum Gasteiger partial charge on any atom is -0.368 e. The average Bonchev–Trinajstić information content (AvgIpc) is 2.14. The van der Waals surface area contributed by atoms with Crippen molar-refractivity contribution in [2.45, 2.75) is 5.03 Å². The fourth-order valence-corrected chi connectivity index (χ4v) is 1.39. The van der Waals surface area contributed by atoms with Crippen molar-refractivity contribution in [3.05, 3.63) is 12.3 Å². The van der Waals surface area contributed by atoms with Crippen LogP contribution in [0.25, 0.3) is 0 Å². The number of carbonyl (C=O) groups is 1. The molecule has 0 bridgehead atoms. The predicted molar refractivity (Wildman–Crippen MR) is 51.2 cm³/mol. The normalized spacial score (nSPS) is 9.62. The molecule has 3 N–H and O–H groups in total. The van der Waals surface area contributed by atoms with Crippen molar-refractivity contribution in [3.63, 3.8) is 0 Å². The maximum Gasteiger partial charge on any atom is 0.230 e. The molecule has 0 saturated carbocycles. The number of anilines is 1. The molecular formula is C7H10N4OS. The van der Waals surface area contributed by atoms with Crippen LogP contribution >= 0.6 is 11.8 Å². The van der Waals surface area contributed by atoms with Gasteiger partial charge in [0.15, 0.2) is 0 Å². The predicted octanol–water partition coefficient (Wildman–Crippen LogP) is -0.103. The summed E-state index contributed by atoms with van der Waals surface area (Å²) in [6.45, 7) is 0. The summed E-state index contributed by atoms with van der Waals surface area (Å²) in [6.07, 6.45) is 1.56. The number of hydrogen-bond acceptors (Lipinski definition) is 5. The van der Waals surface area contributed by atoms with Gasteiger partial charge in [-0.05, 0) is 6.07 Å². The largest absolute Gasteiger partial charge is 0.368 e. The van der Waals surface area contributed by atoms with Gasteiger partial charge in [0, 0.05) is 13.2 Å². The highest BCUT2D eigenvalue weighted by Gasteiger charge is 2.01. The average molecular weight is 198 g/mol. The summed E-state index contributed by atoms with van der Waals surface area (Å²) in [5.74, 6) is 0.525. The van der Waals surface area contributed by atoms with Crippen LogP contribution in [0.4, 0.5) is 5.95 Å². The standard InChI is InChI=1S/C7H10N4OS/c1-9-5(12)4-13-6-2-3-10-7(8)11-6/h2-3H,4H2,1H3,(H,9,12)(H2,8,10,11). The van der Waals surface area contributed by atoms with Gasteiger partial charge in [-0.3, -0.25) is 4.79 Å². The van der Waals surface area contributed by atoms with Crippen molar-refractivity contribution < 1.29 is 4.79 Å². The molecule has 0 fully saturated rings. The van der Waals surface area contributed by atoms with Crippen molar-refractivity contribution >= 4 is 23.6 Å². The summed E-state index contributed by atoms with van der Waals surface area (Å²) in [5, 5.41) is 3.22. The van der Waals surface area contributed by atoms with E-state index in [1.54, 1.807) is 19.3 Å². The lowest BCUT2D eigenvalue weighted by molar-refractivity contribution is -0.118. The first kappa shape index (κ1) is 9.79. The quantitative estimate of drug-likeness (QED) is 0.523. The molecule has 1 aromatic heterocycles. The second kappa shape index (κ2) is 4.66. The molecule has 13 heavy (non-hydrogen) atoms. The van der Waals surface area contributed by atoms with Gasteiger partial charge in [0.05, 0.1) is 5.75 Å². The smallest absolute Gasteiger partial charge is 0.230 e. The van der Waals surface area contributed by atoms with Gasteiger partial charge in [-0.15, -0.1) is 0 Å². The second-order valence-corrected chi connectivity index (χ2v) is 3.21. The van der Waals surface area contributed by atoms with Crippen molar-refractivity contribution in [1.29, 1.82) is 0 Å². The Kier molecular flexibility index (Phi) is 3.51. The Hall–Kier alpha value is -1.30. The molecule has 0 spiro atoms. The van der Waals surface area contributed by atoms with E-state index in [1.165, 1.54) is 11.8 Å². The van der Waals surface area contributed by atoms with E-state index in [9.17, 15) is 4.79 Å². The zero-order valence-electron chi connectivity index (χ0n) is 7.15. The molecule has 0 saturated heterocycles. The Morgan fingerprint density at radius 3 is 3.15 bits per heavy atom. The molecule has 1 aromatic rings. The molecule has 70 valence electrons. The summed E-state index contributed by atoms with van der Waals surface area (Å²) in [7, 11) is 1.59. The molecule has 5 nitrogen and oxygen atoms in total. The third-order valence-corrected chi connectivity index (χ3v) is 2.21. The topological polar surface area (TPSA) is 80.9 Å². The van der Waals surface area contributed by atoms with Crippen LogP contribution in [0.5, 0.6) is 0 Å². The van der Waals surface area contributed by atoms with Crippen LogP contribution in [-0.2, 0) is 4.79 Å². The van der Waals surface area contributed by atoms with E-state index in [-0.39, 0.29) is 11.9 Å². The number of carbonyl (C=O) groups excluding carboxylic acids is 1. The molecule has 0 aliphatic carbocycles. The lowest BCUT2D eigenvalue weighted by Crippen LogP contribution is -2.19. The van der Waals surface area contributed by atoms with Crippen LogP contribution in [0.1, 0.15) is 0 Å². The fourth-order valence-electron chi connectivity index (χ4n) is 0.648. The van der Waals surface area contributed by atoms with Crippen LogP contribution < -0.4 is 11.1 Å².